The predicted molar refractivity (Wildman–Crippen MR) is 83.1 cm³/mol. The lowest BCUT2D eigenvalue weighted by Gasteiger charge is -2.22. The molecule has 2 N–H and O–H groups in total. The van der Waals surface area contributed by atoms with Crippen LogP contribution in [0.15, 0.2) is 11.4 Å². The van der Waals surface area contributed by atoms with Crippen molar-refractivity contribution < 1.29 is 0 Å². The van der Waals surface area contributed by atoms with Crippen LogP contribution in [0.5, 0.6) is 0 Å². The molecular weight excluding hydrogens is 252 g/mol. The zero-order valence-electron chi connectivity index (χ0n) is 12.0. The van der Waals surface area contributed by atoms with E-state index in [1.807, 2.05) is 11.3 Å². The van der Waals surface area contributed by atoms with Gasteiger partial charge in [0.25, 0.3) is 0 Å². The monoisotopic (exact) mass is 276 g/mol. The second-order valence-corrected chi connectivity index (χ2v) is 6.69. The average Bonchev–Trinajstić information content (AvgIpc) is 3.13. The third-order valence-electron chi connectivity index (χ3n) is 3.40. The summed E-state index contributed by atoms with van der Waals surface area (Å²) in [5.74, 6) is 6.81. The SMILES string of the molecule is CC(C)CCN(Cc1cc(C#CCN)cs1)C1CC1. The van der Waals surface area contributed by atoms with Crippen molar-refractivity contribution in [1.82, 2.24) is 4.90 Å². The van der Waals surface area contributed by atoms with Crippen molar-refractivity contribution in [3.63, 3.8) is 0 Å². The van der Waals surface area contributed by atoms with E-state index in [1.54, 1.807) is 0 Å². The molecule has 1 fully saturated rings. The molecule has 1 saturated carbocycles. The van der Waals surface area contributed by atoms with Crippen LogP contribution in [0.25, 0.3) is 0 Å². The molecule has 1 aliphatic rings. The maximum atomic E-state index is 5.40. The fourth-order valence-corrected chi connectivity index (χ4v) is 2.98. The van der Waals surface area contributed by atoms with E-state index in [-0.39, 0.29) is 0 Å². The summed E-state index contributed by atoms with van der Waals surface area (Å²) in [6, 6.07) is 3.05. The number of thiophene rings is 1. The highest BCUT2D eigenvalue weighted by Crippen LogP contribution is 2.30. The molecule has 1 aromatic heterocycles. The molecule has 104 valence electrons. The van der Waals surface area contributed by atoms with Crippen molar-refractivity contribution in [2.24, 2.45) is 11.7 Å². The average molecular weight is 276 g/mol. The van der Waals surface area contributed by atoms with E-state index in [0.717, 1.165) is 24.1 Å². The van der Waals surface area contributed by atoms with Gasteiger partial charge in [-0.2, -0.15) is 0 Å². The largest absolute Gasteiger partial charge is 0.320 e. The summed E-state index contributed by atoms with van der Waals surface area (Å²) in [4.78, 5) is 4.07. The van der Waals surface area contributed by atoms with Gasteiger partial charge in [-0.15, -0.1) is 11.3 Å². The lowest BCUT2D eigenvalue weighted by atomic mass is 10.1. The molecule has 0 aromatic carbocycles. The molecule has 0 saturated heterocycles. The topological polar surface area (TPSA) is 29.3 Å². The van der Waals surface area contributed by atoms with Gasteiger partial charge in [-0.05, 0) is 37.8 Å². The lowest BCUT2D eigenvalue weighted by Crippen LogP contribution is -2.27. The van der Waals surface area contributed by atoms with Crippen molar-refractivity contribution in [3.05, 3.63) is 21.9 Å². The fraction of sp³-hybridized carbons (Fsp3) is 0.625. The predicted octanol–water partition coefficient (Wildman–Crippen LogP) is 3.07. The number of rotatable bonds is 6. The van der Waals surface area contributed by atoms with Crippen LogP contribution < -0.4 is 5.73 Å². The van der Waals surface area contributed by atoms with Gasteiger partial charge in [0.15, 0.2) is 0 Å². The molecule has 0 radical (unpaired) electrons. The minimum Gasteiger partial charge on any atom is -0.320 e. The molecule has 0 unspecified atom stereocenters. The third kappa shape index (κ3) is 4.99. The quantitative estimate of drug-likeness (QED) is 0.809. The van der Waals surface area contributed by atoms with Gasteiger partial charge in [0.2, 0.25) is 0 Å². The number of nitrogens with two attached hydrogens (primary N) is 1. The Hall–Kier alpha value is -0.820. The zero-order chi connectivity index (χ0) is 13.7. The Bertz CT molecular complexity index is 449. The second-order valence-electron chi connectivity index (χ2n) is 5.69. The Morgan fingerprint density at radius 3 is 2.89 bits per heavy atom. The zero-order valence-corrected chi connectivity index (χ0v) is 12.8. The van der Waals surface area contributed by atoms with Gasteiger partial charge in [-0.1, -0.05) is 25.7 Å². The first-order valence-electron chi connectivity index (χ1n) is 7.19. The summed E-state index contributed by atoms with van der Waals surface area (Å²) in [5, 5.41) is 2.14. The normalized spacial score (nSPS) is 14.8. The number of hydrogen-bond acceptors (Lipinski definition) is 3. The molecule has 1 aliphatic carbocycles. The highest BCUT2D eigenvalue weighted by atomic mass is 32.1. The summed E-state index contributed by atoms with van der Waals surface area (Å²) in [7, 11) is 0. The fourth-order valence-electron chi connectivity index (χ4n) is 2.14. The molecule has 1 heterocycles. The van der Waals surface area contributed by atoms with Crippen molar-refractivity contribution in [1.29, 1.82) is 0 Å². The molecule has 3 heteroatoms. The first-order chi connectivity index (χ1) is 9.19. The van der Waals surface area contributed by atoms with Crippen LogP contribution in [0.1, 0.15) is 43.6 Å². The second kappa shape index (κ2) is 7.09. The molecule has 0 atom stereocenters. The van der Waals surface area contributed by atoms with E-state index in [4.69, 9.17) is 5.73 Å². The van der Waals surface area contributed by atoms with Crippen LogP contribution in [0, 0.1) is 17.8 Å². The molecule has 2 rings (SSSR count). The minimum atomic E-state index is 0.438. The van der Waals surface area contributed by atoms with E-state index in [9.17, 15) is 0 Å². The van der Waals surface area contributed by atoms with Crippen molar-refractivity contribution in [2.45, 2.75) is 45.7 Å². The van der Waals surface area contributed by atoms with E-state index in [0.29, 0.717) is 6.54 Å². The maximum absolute atomic E-state index is 5.40. The van der Waals surface area contributed by atoms with E-state index in [1.165, 1.54) is 30.7 Å². The molecule has 19 heavy (non-hydrogen) atoms. The Labute approximate surface area is 121 Å². The van der Waals surface area contributed by atoms with Crippen LogP contribution in [0.4, 0.5) is 0 Å². The van der Waals surface area contributed by atoms with Gasteiger partial charge in [-0.25, -0.2) is 0 Å². The number of hydrogen-bond donors (Lipinski definition) is 1. The van der Waals surface area contributed by atoms with Crippen molar-refractivity contribution in [3.8, 4) is 11.8 Å². The highest BCUT2D eigenvalue weighted by Gasteiger charge is 2.28. The molecule has 2 nitrogen and oxygen atoms in total. The van der Waals surface area contributed by atoms with Gasteiger partial charge < -0.3 is 5.73 Å². The first kappa shape index (κ1) is 14.6. The van der Waals surface area contributed by atoms with Gasteiger partial charge >= 0.3 is 0 Å². The minimum absolute atomic E-state index is 0.438. The molecule has 1 aromatic rings. The molecular formula is C16H24N2S. The lowest BCUT2D eigenvalue weighted by molar-refractivity contribution is 0.241. The van der Waals surface area contributed by atoms with Gasteiger partial charge in [-0.3, -0.25) is 4.90 Å². The molecule has 0 bridgehead atoms. The van der Waals surface area contributed by atoms with Crippen LogP contribution >= 0.6 is 11.3 Å². The Kier molecular flexibility index (Phi) is 5.45. The standard InChI is InChI=1S/C16H24N2S/c1-13(2)7-9-18(15-5-6-15)11-16-10-14(12-19-16)4-3-8-17/h10,12-13,15H,5-9,11,17H2,1-2H3. The number of nitrogens with zero attached hydrogens (tertiary/aromatic N) is 1. The van der Waals surface area contributed by atoms with Gasteiger partial charge in [0.1, 0.15) is 0 Å². The van der Waals surface area contributed by atoms with Crippen LogP contribution in [-0.2, 0) is 6.54 Å². The van der Waals surface area contributed by atoms with Crippen LogP contribution in [-0.4, -0.2) is 24.0 Å². The Morgan fingerprint density at radius 2 is 2.26 bits per heavy atom. The Morgan fingerprint density at radius 1 is 1.47 bits per heavy atom. The van der Waals surface area contributed by atoms with Crippen molar-refractivity contribution >= 4 is 11.3 Å². The van der Waals surface area contributed by atoms with Crippen LogP contribution in [0.3, 0.4) is 0 Å². The summed E-state index contributed by atoms with van der Waals surface area (Å²) >= 11 is 1.82. The summed E-state index contributed by atoms with van der Waals surface area (Å²) in [6.07, 6.45) is 4.05. The van der Waals surface area contributed by atoms with Crippen molar-refractivity contribution in [2.75, 3.05) is 13.1 Å². The summed E-state index contributed by atoms with van der Waals surface area (Å²) < 4.78 is 0. The van der Waals surface area contributed by atoms with E-state index >= 15 is 0 Å². The Balaban J connectivity index is 1.91. The smallest absolute Gasteiger partial charge is 0.0555 e. The molecule has 0 amide bonds. The highest BCUT2D eigenvalue weighted by molar-refractivity contribution is 7.10. The molecule has 0 aliphatic heterocycles. The molecule has 0 spiro atoms. The maximum Gasteiger partial charge on any atom is 0.0555 e. The summed E-state index contributed by atoms with van der Waals surface area (Å²) in [5.41, 5.74) is 6.52. The van der Waals surface area contributed by atoms with E-state index in [2.05, 4.69) is 42.0 Å². The van der Waals surface area contributed by atoms with Gasteiger partial charge in [0, 0.05) is 28.4 Å². The first-order valence-corrected chi connectivity index (χ1v) is 8.07. The van der Waals surface area contributed by atoms with Gasteiger partial charge in [0.05, 0.1) is 6.54 Å². The summed E-state index contributed by atoms with van der Waals surface area (Å²) in [6.45, 7) is 7.36. The van der Waals surface area contributed by atoms with E-state index < -0.39 is 0 Å². The third-order valence-corrected chi connectivity index (χ3v) is 4.33. The van der Waals surface area contributed by atoms with Crippen LogP contribution in [0.2, 0.25) is 0 Å².